The van der Waals surface area contributed by atoms with Crippen LogP contribution in [0.5, 0.6) is 5.75 Å². The lowest BCUT2D eigenvalue weighted by atomic mass is 10.0. The fourth-order valence-corrected chi connectivity index (χ4v) is 3.03. The average Bonchev–Trinajstić information content (AvgIpc) is 3.00. The molecule has 1 heterocycles. The van der Waals surface area contributed by atoms with Gasteiger partial charge in [-0.15, -0.1) is 0 Å². The fourth-order valence-electron chi connectivity index (χ4n) is 2.28. The van der Waals surface area contributed by atoms with E-state index in [1.165, 1.54) is 0 Å². The lowest BCUT2D eigenvalue weighted by molar-refractivity contribution is 0.0786. The Morgan fingerprint density at radius 3 is 2.71 bits per heavy atom. The number of nitriles is 1. The molecule has 0 aliphatic carbocycles. The van der Waals surface area contributed by atoms with Crippen LogP contribution >= 0.6 is 0 Å². The molecule has 0 radical (unpaired) electrons. The van der Waals surface area contributed by atoms with Gasteiger partial charge in [0.05, 0.1) is 25.8 Å². The highest BCUT2D eigenvalue weighted by molar-refractivity contribution is 6.76. The lowest BCUT2D eigenvalue weighted by Gasteiger charge is -2.15. The minimum absolute atomic E-state index is 0.341. The summed E-state index contributed by atoms with van der Waals surface area (Å²) < 4.78 is 12.9. The van der Waals surface area contributed by atoms with E-state index in [-0.39, 0.29) is 0 Å². The van der Waals surface area contributed by atoms with Crippen molar-refractivity contribution in [2.75, 3.05) is 13.7 Å². The molecule has 5 nitrogen and oxygen atoms in total. The Labute approximate surface area is 144 Å². The van der Waals surface area contributed by atoms with Crippen LogP contribution in [0.1, 0.15) is 5.56 Å². The van der Waals surface area contributed by atoms with Crippen LogP contribution < -0.4 is 4.74 Å². The molecule has 0 spiro atoms. The van der Waals surface area contributed by atoms with Gasteiger partial charge in [0, 0.05) is 32.0 Å². The second kappa shape index (κ2) is 8.13. The molecule has 0 saturated heterocycles. The third kappa shape index (κ3) is 5.22. The van der Waals surface area contributed by atoms with Crippen molar-refractivity contribution in [3.8, 4) is 22.9 Å². The summed E-state index contributed by atoms with van der Waals surface area (Å²) in [7, 11) is 0.564. The largest absolute Gasteiger partial charge is 0.496 e. The first-order valence-electron chi connectivity index (χ1n) is 8.07. The molecule has 0 saturated carbocycles. The van der Waals surface area contributed by atoms with E-state index < -0.39 is 8.07 Å². The second-order valence-corrected chi connectivity index (χ2v) is 12.6. The molecule has 1 aromatic heterocycles. The van der Waals surface area contributed by atoms with Crippen LogP contribution in [0.15, 0.2) is 30.6 Å². The van der Waals surface area contributed by atoms with E-state index in [2.05, 4.69) is 30.8 Å². The van der Waals surface area contributed by atoms with Crippen molar-refractivity contribution in [1.29, 1.82) is 5.26 Å². The molecular formula is C18H25N3O2Si. The topological polar surface area (TPSA) is 60.1 Å². The van der Waals surface area contributed by atoms with Crippen LogP contribution in [-0.4, -0.2) is 31.6 Å². The minimum Gasteiger partial charge on any atom is -0.496 e. The molecule has 0 fully saturated rings. The van der Waals surface area contributed by atoms with Crippen LogP contribution in [0.3, 0.4) is 0 Å². The zero-order valence-electron chi connectivity index (χ0n) is 14.9. The first-order valence-corrected chi connectivity index (χ1v) is 11.8. The summed E-state index contributed by atoms with van der Waals surface area (Å²) in [4.78, 5) is 0. The van der Waals surface area contributed by atoms with Gasteiger partial charge < -0.3 is 9.47 Å². The van der Waals surface area contributed by atoms with Gasteiger partial charge in [-0.3, -0.25) is 0 Å². The second-order valence-electron chi connectivity index (χ2n) is 6.98. The summed E-state index contributed by atoms with van der Waals surface area (Å²) in [5.41, 5.74) is 2.92. The summed E-state index contributed by atoms with van der Waals surface area (Å²) in [6, 6.07) is 9.17. The van der Waals surface area contributed by atoms with Gasteiger partial charge in [0.15, 0.2) is 0 Å². The Morgan fingerprint density at radius 2 is 2.04 bits per heavy atom. The molecular weight excluding hydrogens is 318 g/mol. The molecule has 0 aliphatic rings. The first-order chi connectivity index (χ1) is 11.4. The van der Waals surface area contributed by atoms with Crippen LogP contribution in [0.25, 0.3) is 11.1 Å². The van der Waals surface area contributed by atoms with Crippen molar-refractivity contribution >= 4 is 8.07 Å². The Morgan fingerprint density at radius 1 is 1.25 bits per heavy atom. The van der Waals surface area contributed by atoms with E-state index in [4.69, 9.17) is 14.7 Å². The zero-order chi connectivity index (χ0) is 17.6. The van der Waals surface area contributed by atoms with E-state index in [1.54, 1.807) is 11.8 Å². The number of methoxy groups -OCH3 is 1. The molecule has 24 heavy (non-hydrogen) atoms. The first kappa shape index (κ1) is 18.2. The highest BCUT2D eigenvalue weighted by atomic mass is 28.3. The van der Waals surface area contributed by atoms with Crippen molar-refractivity contribution in [2.45, 2.75) is 38.8 Å². The number of ether oxygens (including phenoxy) is 2. The number of hydrogen-bond donors (Lipinski definition) is 0. The van der Waals surface area contributed by atoms with Gasteiger partial charge in [0.2, 0.25) is 0 Å². The van der Waals surface area contributed by atoms with Crippen LogP contribution in [0, 0.1) is 11.3 Å². The molecule has 2 aromatic rings. The van der Waals surface area contributed by atoms with Crippen molar-refractivity contribution in [3.63, 3.8) is 0 Å². The number of hydrogen-bond acceptors (Lipinski definition) is 4. The van der Waals surface area contributed by atoms with E-state index in [1.807, 2.05) is 30.6 Å². The van der Waals surface area contributed by atoms with Crippen LogP contribution in [-0.2, 0) is 17.9 Å². The number of aromatic nitrogens is 2. The Hall–Kier alpha value is -2.10. The van der Waals surface area contributed by atoms with E-state index >= 15 is 0 Å². The zero-order valence-corrected chi connectivity index (χ0v) is 15.9. The Kier molecular flexibility index (Phi) is 6.18. The maximum atomic E-state index is 8.85. The van der Waals surface area contributed by atoms with Crippen molar-refractivity contribution in [2.24, 2.45) is 0 Å². The van der Waals surface area contributed by atoms with Gasteiger partial charge in [-0.2, -0.15) is 10.4 Å². The number of rotatable bonds is 8. The van der Waals surface area contributed by atoms with E-state index in [9.17, 15) is 0 Å². The molecule has 128 valence electrons. The molecule has 1 aromatic carbocycles. The summed E-state index contributed by atoms with van der Waals surface area (Å²) >= 11 is 0. The highest BCUT2D eigenvalue weighted by Gasteiger charge is 2.12. The van der Waals surface area contributed by atoms with Gasteiger partial charge in [-0.05, 0) is 17.7 Å². The molecule has 0 N–H and O–H groups in total. The summed E-state index contributed by atoms with van der Waals surface area (Å²) in [5.74, 6) is 0.730. The maximum absolute atomic E-state index is 8.85. The smallest absolute Gasteiger partial charge is 0.139 e. The number of nitrogens with zero attached hydrogens (tertiary/aromatic N) is 3. The monoisotopic (exact) mass is 343 g/mol. The molecule has 0 atom stereocenters. The lowest BCUT2D eigenvalue weighted by Crippen LogP contribution is -2.22. The predicted molar refractivity (Wildman–Crippen MR) is 97.6 cm³/mol. The Balaban J connectivity index is 2.01. The normalized spacial score (nSPS) is 11.3. The van der Waals surface area contributed by atoms with Crippen LogP contribution in [0.2, 0.25) is 25.7 Å². The predicted octanol–water partition coefficient (Wildman–Crippen LogP) is 3.94. The molecule has 0 unspecified atom stereocenters. The number of benzene rings is 1. The fraction of sp³-hybridized carbons (Fsp3) is 0.444. The maximum Gasteiger partial charge on any atom is 0.139 e. The summed E-state index contributed by atoms with van der Waals surface area (Å²) in [6.45, 7) is 8.26. The summed E-state index contributed by atoms with van der Waals surface area (Å²) in [6.07, 6.45) is 4.13. The van der Waals surface area contributed by atoms with Crippen molar-refractivity contribution in [3.05, 3.63) is 36.2 Å². The highest BCUT2D eigenvalue weighted by Crippen LogP contribution is 2.27. The van der Waals surface area contributed by atoms with Gasteiger partial charge in [-0.1, -0.05) is 31.8 Å². The molecule has 0 bridgehead atoms. The summed E-state index contributed by atoms with van der Waals surface area (Å²) in [5, 5.41) is 13.2. The quantitative estimate of drug-likeness (QED) is 0.538. The van der Waals surface area contributed by atoms with E-state index in [0.29, 0.717) is 13.2 Å². The van der Waals surface area contributed by atoms with Crippen LogP contribution in [0.4, 0.5) is 0 Å². The Bertz CT molecular complexity index is 714. The molecule has 6 heteroatoms. The standard InChI is InChI=1S/C18H25N3O2Si/c1-22-18-11-16(6-5-15(18)7-8-19)17-12-20-21(13-17)14-23-9-10-24(2,3)4/h5-6,11-13H,7,9-10,14H2,1-4H3. The van der Waals surface area contributed by atoms with Crippen molar-refractivity contribution < 1.29 is 9.47 Å². The van der Waals surface area contributed by atoms with Gasteiger partial charge >= 0.3 is 0 Å². The average molecular weight is 344 g/mol. The molecule has 0 aliphatic heterocycles. The minimum atomic E-state index is -1.06. The van der Waals surface area contributed by atoms with Gasteiger partial charge in [0.25, 0.3) is 0 Å². The molecule has 0 amide bonds. The van der Waals surface area contributed by atoms with E-state index in [0.717, 1.165) is 35.1 Å². The third-order valence-corrected chi connectivity index (χ3v) is 5.45. The third-order valence-electron chi connectivity index (χ3n) is 3.74. The van der Waals surface area contributed by atoms with Crippen molar-refractivity contribution in [1.82, 2.24) is 9.78 Å². The SMILES string of the molecule is COc1cc(-c2cnn(COCC[Si](C)(C)C)c2)ccc1CC#N. The van der Waals surface area contributed by atoms with Gasteiger partial charge in [0.1, 0.15) is 12.5 Å². The van der Waals surface area contributed by atoms with Gasteiger partial charge in [-0.25, -0.2) is 4.68 Å². The molecule has 2 rings (SSSR count).